The summed E-state index contributed by atoms with van der Waals surface area (Å²) in [6, 6.07) is 8.03. The number of hydrogen-bond donors (Lipinski definition) is 1. The van der Waals surface area contributed by atoms with E-state index in [9.17, 15) is 5.11 Å². The zero-order chi connectivity index (χ0) is 10.7. The Bertz CT molecular complexity index is 318. The second-order valence-electron chi connectivity index (χ2n) is 4.40. The minimum absolute atomic E-state index is 0.275. The van der Waals surface area contributed by atoms with E-state index in [0.717, 1.165) is 10.0 Å². The van der Waals surface area contributed by atoms with E-state index in [4.69, 9.17) is 0 Å². The summed E-state index contributed by atoms with van der Waals surface area (Å²) < 4.78 is 1.05. The van der Waals surface area contributed by atoms with Gasteiger partial charge in [-0.05, 0) is 36.5 Å². The number of aliphatic hydroxyl groups excluding tert-OH is 1. The normalized spacial score (nSPS) is 20.1. The Kier molecular flexibility index (Phi) is 3.81. The number of hydrogen-bond acceptors (Lipinski definition) is 1. The van der Waals surface area contributed by atoms with Gasteiger partial charge in [-0.1, -0.05) is 47.3 Å². The Hall–Kier alpha value is -0.340. The summed E-state index contributed by atoms with van der Waals surface area (Å²) in [5, 5.41) is 10.2. The van der Waals surface area contributed by atoms with Crippen molar-refractivity contribution in [3.05, 3.63) is 34.3 Å². The zero-order valence-electron chi connectivity index (χ0n) is 8.82. The molecule has 1 aromatic rings. The predicted octanol–water partition coefficient (Wildman–Crippen LogP) is 4.06. The molecular weight excluding hydrogens is 252 g/mol. The van der Waals surface area contributed by atoms with Crippen molar-refractivity contribution in [1.29, 1.82) is 0 Å². The summed E-state index contributed by atoms with van der Waals surface area (Å²) >= 11 is 3.44. The fourth-order valence-electron chi connectivity index (χ4n) is 2.41. The molecule has 2 rings (SSSR count). The molecule has 0 bridgehead atoms. The van der Waals surface area contributed by atoms with Crippen LogP contribution in [0.3, 0.4) is 0 Å². The minimum Gasteiger partial charge on any atom is -0.388 e. The first-order valence-electron chi connectivity index (χ1n) is 5.71. The molecule has 82 valence electrons. The van der Waals surface area contributed by atoms with Crippen LogP contribution in [0.4, 0.5) is 0 Å². The number of aliphatic hydroxyl groups is 1. The molecule has 0 spiro atoms. The van der Waals surface area contributed by atoms with Gasteiger partial charge < -0.3 is 5.11 Å². The Morgan fingerprint density at radius 2 is 1.93 bits per heavy atom. The minimum atomic E-state index is -0.275. The summed E-state index contributed by atoms with van der Waals surface area (Å²) in [5.41, 5.74) is 1.05. The van der Waals surface area contributed by atoms with Gasteiger partial charge >= 0.3 is 0 Å². The maximum absolute atomic E-state index is 10.2. The molecule has 0 radical (unpaired) electrons. The van der Waals surface area contributed by atoms with Gasteiger partial charge in [-0.3, -0.25) is 0 Å². The molecule has 2 heteroatoms. The zero-order valence-corrected chi connectivity index (χ0v) is 10.4. The topological polar surface area (TPSA) is 20.2 Å². The van der Waals surface area contributed by atoms with E-state index in [0.29, 0.717) is 5.92 Å². The lowest BCUT2D eigenvalue weighted by atomic mass is 9.83. The summed E-state index contributed by atoms with van der Waals surface area (Å²) in [5.74, 6) is 0.466. The van der Waals surface area contributed by atoms with Crippen LogP contribution in [0.15, 0.2) is 28.7 Å². The molecule has 0 saturated heterocycles. The van der Waals surface area contributed by atoms with Crippen LogP contribution >= 0.6 is 15.9 Å². The average molecular weight is 269 g/mol. The van der Waals surface area contributed by atoms with E-state index >= 15 is 0 Å². The molecule has 0 aliphatic heterocycles. The highest BCUT2D eigenvalue weighted by atomic mass is 79.9. The lowest BCUT2D eigenvalue weighted by Gasteiger charge is -2.26. The molecule has 1 aliphatic carbocycles. The maximum Gasteiger partial charge on any atom is 0.0818 e. The Balaban J connectivity index is 2.08. The monoisotopic (exact) mass is 268 g/mol. The van der Waals surface area contributed by atoms with Crippen LogP contribution in [0.5, 0.6) is 0 Å². The predicted molar refractivity (Wildman–Crippen MR) is 65.7 cm³/mol. The van der Waals surface area contributed by atoms with E-state index in [2.05, 4.69) is 15.9 Å². The second kappa shape index (κ2) is 5.13. The van der Waals surface area contributed by atoms with E-state index in [1.54, 1.807) is 0 Å². The molecule has 1 aromatic carbocycles. The van der Waals surface area contributed by atoms with E-state index < -0.39 is 0 Å². The fourth-order valence-corrected chi connectivity index (χ4v) is 2.83. The third kappa shape index (κ3) is 2.82. The summed E-state index contributed by atoms with van der Waals surface area (Å²) in [7, 11) is 0. The van der Waals surface area contributed by atoms with Crippen molar-refractivity contribution < 1.29 is 5.11 Å². The van der Waals surface area contributed by atoms with Gasteiger partial charge in [-0.25, -0.2) is 0 Å². The van der Waals surface area contributed by atoms with Gasteiger partial charge in [0.25, 0.3) is 0 Å². The van der Waals surface area contributed by atoms with Crippen molar-refractivity contribution in [3.8, 4) is 0 Å². The Labute approximate surface area is 99.6 Å². The van der Waals surface area contributed by atoms with Crippen LogP contribution in [-0.4, -0.2) is 5.11 Å². The van der Waals surface area contributed by atoms with E-state index in [1.807, 2.05) is 24.3 Å². The van der Waals surface area contributed by atoms with Crippen LogP contribution in [0, 0.1) is 5.92 Å². The van der Waals surface area contributed by atoms with Gasteiger partial charge in [0.05, 0.1) is 6.10 Å². The van der Waals surface area contributed by atoms with Crippen LogP contribution < -0.4 is 0 Å². The highest BCUT2D eigenvalue weighted by Crippen LogP contribution is 2.34. The molecule has 0 aromatic heterocycles. The van der Waals surface area contributed by atoms with E-state index in [1.165, 1.54) is 32.1 Å². The molecule has 1 aliphatic rings. The number of rotatable bonds is 2. The molecule has 15 heavy (non-hydrogen) atoms. The van der Waals surface area contributed by atoms with E-state index in [-0.39, 0.29) is 6.10 Å². The molecule has 0 amide bonds. The first-order valence-corrected chi connectivity index (χ1v) is 6.50. The molecule has 0 heterocycles. The second-order valence-corrected chi connectivity index (χ2v) is 5.31. The molecule has 1 saturated carbocycles. The lowest BCUT2D eigenvalue weighted by molar-refractivity contribution is 0.0848. The average Bonchev–Trinajstić information content (AvgIpc) is 2.29. The van der Waals surface area contributed by atoms with Gasteiger partial charge in [-0.15, -0.1) is 0 Å². The smallest absolute Gasteiger partial charge is 0.0818 e. The molecule has 1 fully saturated rings. The van der Waals surface area contributed by atoms with Crippen molar-refractivity contribution >= 4 is 15.9 Å². The van der Waals surface area contributed by atoms with Crippen LogP contribution in [0.2, 0.25) is 0 Å². The van der Waals surface area contributed by atoms with Crippen molar-refractivity contribution in [3.63, 3.8) is 0 Å². The number of benzene rings is 1. The van der Waals surface area contributed by atoms with Crippen LogP contribution in [-0.2, 0) is 0 Å². The SMILES string of the molecule is OC(c1cccc(Br)c1)C1CCCCC1. The van der Waals surface area contributed by atoms with Gasteiger partial charge in [-0.2, -0.15) is 0 Å². The molecule has 1 atom stereocenters. The van der Waals surface area contributed by atoms with Crippen LogP contribution in [0.25, 0.3) is 0 Å². The van der Waals surface area contributed by atoms with Crippen molar-refractivity contribution in [1.82, 2.24) is 0 Å². The lowest BCUT2D eigenvalue weighted by Crippen LogP contribution is -2.15. The third-order valence-corrected chi connectivity index (χ3v) is 3.78. The summed E-state index contributed by atoms with van der Waals surface area (Å²) in [4.78, 5) is 0. The summed E-state index contributed by atoms with van der Waals surface area (Å²) in [6.07, 6.45) is 5.96. The molecule has 1 unspecified atom stereocenters. The fraction of sp³-hybridized carbons (Fsp3) is 0.538. The van der Waals surface area contributed by atoms with Gasteiger partial charge in [0.2, 0.25) is 0 Å². The first-order chi connectivity index (χ1) is 7.27. The first kappa shape index (κ1) is 11.2. The van der Waals surface area contributed by atoms with Crippen LogP contribution in [0.1, 0.15) is 43.8 Å². The molecular formula is C13H17BrO. The molecule has 1 N–H and O–H groups in total. The highest BCUT2D eigenvalue weighted by molar-refractivity contribution is 9.10. The van der Waals surface area contributed by atoms with Gasteiger partial charge in [0.15, 0.2) is 0 Å². The Morgan fingerprint density at radius 3 is 2.60 bits per heavy atom. The quantitative estimate of drug-likeness (QED) is 0.858. The Morgan fingerprint density at radius 1 is 1.20 bits per heavy atom. The standard InChI is InChI=1S/C13H17BrO/c14-12-8-4-7-11(9-12)13(15)10-5-2-1-3-6-10/h4,7-10,13,15H,1-3,5-6H2. The van der Waals surface area contributed by atoms with Crippen molar-refractivity contribution in [2.45, 2.75) is 38.2 Å². The van der Waals surface area contributed by atoms with Crippen molar-refractivity contribution in [2.24, 2.45) is 5.92 Å². The highest BCUT2D eigenvalue weighted by Gasteiger charge is 2.22. The largest absolute Gasteiger partial charge is 0.388 e. The third-order valence-electron chi connectivity index (χ3n) is 3.29. The maximum atomic E-state index is 10.2. The number of halogens is 1. The van der Waals surface area contributed by atoms with Gasteiger partial charge in [0.1, 0.15) is 0 Å². The van der Waals surface area contributed by atoms with Crippen molar-refractivity contribution in [2.75, 3.05) is 0 Å². The molecule has 1 nitrogen and oxygen atoms in total. The van der Waals surface area contributed by atoms with Gasteiger partial charge in [0, 0.05) is 4.47 Å². The summed E-state index contributed by atoms with van der Waals surface area (Å²) in [6.45, 7) is 0.